The average molecular weight is 461 g/mol. The molecule has 3 rings (SSSR count). The molecule has 2 aromatic rings. The maximum atomic E-state index is 12.7. The van der Waals surface area contributed by atoms with E-state index in [1.54, 1.807) is 38.1 Å². The SMILES string of the molecule is CN(CCOc1cccc(CNC(=O)C(C)(C)Oc2ccc(Cl)cc2)c1)C1CCOCC1. The number of nitrogens with zero attached hydrogens (tertiary/aromatic N) is 1. The minimum atomic E-state index is -1.02. The third kappa shape index (κ3) is 7.40. The third-order valence-corrected chi connectivity index (χ3v) is 5.86. The maximum Gasteiger partial charge on any atom is 0.263 e. The lowest BCUT2D eigenvalue weighted by Gasteiger charge is -2.31. The van der Waals surface area contributed by atoms with Crippen molar-refractivity contribution in [3.05, 3.63) is 59.1 Å². The Hall–Kier alpha value is -2.28. The molecule has 6 nitrogen and oxygen atoms in total. The molecule has 0 spiro atoms. The lowest BCUT2D eigenvalue weighted by molar-refractivity contribution is -0.134. The van der Waals surface area contributed by atoms with E-state index >= 15 is 0 Å². The fourth-order valence-corrected chi connectivity index (χ4v) is 3.73. The highest BCUT2D eigenvalue weighted by molar-refractivity contribution is 6.30. The van der Waals surface area contributed by atoms with Gasteiger partial charge in [-0.25, -0.2) is 0 Å². The van der Waals surface area contributed by atoms with E-state index in [2.05, 4.69) is 17.3 Å². The van der Waals surface area contributed by atoms with Crippen molar-refractivity contribution in [2.24, 2.45) is 0 Å². The number of hydrogen-bond donors (Lipinski definition) is 1. The van der Waals surface area contributed by atoms with Crippen LogP contribution >= 0.6 is 11.6 Å². The van der Waals surface area contributed by atoms with Gasteiger partial charge in [-0.2, -0.15) is 0 Å². The van der Waals surface area contributed by atoms with Gasteiger partial charge >= 0.3 is 0 Å². The topological polar surface area (TPSA) is 60.0 Å². The molecule has 0 bridgehead atoms. The highest BCUT2D eigenvalue weighted by Gasteiger charge is 2.29. The molecule has 0 saturated carbocycles. The number of hydrogen-bond acceptors (Lipinski definition) is 5. The molecule has 32 heavy (non-hydrogen) atoms. The van der Waals surface area contributed by atoms with E-state index in [-0.39, 0.29) is 5.91 Å². The van der Waals surface area contributed by atoms with Crippen molar-refractivity contribution >= 4 is 17.5 Å². The monoisotopic (exact) mass is 460 g/mol. The van der Waals surface area contributed by atoms with Gasteiger partial charge in [0.2, 0.25) is 0 Å². The van der Waals surface area contributed by atoms with E-state index in [1.807, 2.05) is 24.3 Å². The molecule has 174 valence electrons. The van der Waals surface area contributed by atoms with Crippen LogP contribution in [0.15, 0.2) is 48.5 Å². The Morgan fingerprint density at radius 1 is 1.16 bits per heavy atom. The maximum absolute atomic E-state index is 12.7. The summed E-state index contributed by atoms with van der Waals surface area (Å²) in [6.07, 6.45) is 2.15. The number of halogens is 1. The number of rotatable bonds is 10. The molecule has 0 aromatic heterocycles. The second-order valence-corrected chi connectivity index (χ2v) is 9.01. The Kier molecular flexibility index (Phi) is 8.79. The van der Waals surface area contributed by atoms with Gasteiger partial charge in [0.05, 0.1) is 0 Å². The van der Waals surface area contributed by atoms with Crippen LogP contribution in [-0.2, 0) is 16.1 Å². The lowest BCUT2D eigenvalue weighted by atomic mass is 10.1. The van der Waals surface area contributed by atoms with Gasteiger partial charge in [-0.1, -0.05) is 23.7 Å². The number of nitrogens with one attached hydrogen (secondary N) is 1. The lowest BCUT2D eigenvalue weighted by Crippen LogP contribution is -2.46. The molecule has 0 atom stereocenters. The molecule has 0 aliphatic carbocycles. The summed E-state index contributed by atoms with van der Waals surface area (Å²) in [5.74, 6) is 1.20. The Balaban J connectivity index is 1.45. The minimum absolute atomic E-state index is 0.197. The first kappa shape index (κ1) is 24.4. The van der Waals surface area contributed by atoms with E-state index < -0.39 is 5.60 Å². The summed E-state index contributed by atoms with van der Waals surface area (Å²) in [5, 5.41) is 3.57. The molecule has 7 heteroatoms. The quantitative estimate of drug-likeness (QED) is 0.572. The van der Waals surface area contributed by atoms with Crippen LogP contribution in [-0.4, -0.2) is 55.9 Å². The Morgan fingerprint density at radius 3 is 2.59 bits per heavy atom. The fourth-order valence-electron chi connectivity index (χ4n) is 3.60. The third-order valence-electron chi connectivity index (χ3n) is 5.61. The molecule has 1 N–H and O–H groups in total. The number of carbonyl (C=O) groups is 1. The van der Waals surface area contributed by atoms with Gasteiger partial charge in [0.15, 0.2) is 5.60 Å². The summed E-state index contributed by atoms with van der Waals surface area (Å²) in [7, 11) is 2.14. The van der Waals surface area contributed by atoms with Crippen molar-refractivity contribution in [2.45, 2.75) is 44.9 Å². The van der Waals surface area contributed by atoms with E-state index in [0.29, 0.717) is 30.0 Å². The highest BCUT2D eigenvalue weighted by atomic mass is 35.5. The molecular formula is C25H33ClN2O4. The molecule has 1 aliphatic heterocycles. The molecule has 1 amide bonds. The standard InChI is InChI=1S/C25H33ClN2O4/c1-25(2,32-22-9-7-20(26)8-10-22)24(29)27-18-19-5-4-6-23(17-19)31-16-13-28(3)21-11-14-30-15-12-21/h4-10,17,21H,11-16,18H2,1-3H3,(H,27,29). The smallest absolute Gasteiger partial charge is 0.263 e. The van der Waals surface area contributed by atoms with Gasteiger partial charge in [-0.15, -0.1) is 0 Å². The first-order valence-electron chi connectivity index (χ1n) is 11.1. The number of benzene rings is 2. The first-order valence-corrected chi connectivity index (χ1v) is 11.4. The van der Waals surface area contributed by atoms with Gasteiger partial charge in [0.1, 0.15) is 18.1 Å². The van der Waals surface area contributed by atoms with Crippen LogP contribution in [0.5, 0.6) is 11.5 Å². The normalized spacial score (nSPS) is 14.9. The predicted octanol–water partition coefficient (Wildman–Crippen LogP) is 4.30. The number of carbonyl (C=O) groups excluding carboxylic acids is 1. The fraction of sp³-hybridized carbons (Fsp3) is 0.480. The van der Waals surface area contributed by atoms with Gasteiger partial charge in [-0.3, -0.25) is 9.69 Å². The van der Waals surface area contributed by atoms with Crippen molar-refractivity contribution in [1.82, 2.24) is 10.2 Å². The largest absolute Gasteiger partial charge is 0.492 e. The van der Waals surface area contributed by atoms with Crippen LogP contribution in [0, 0.1) is 0 Å². The summed E-state index contributed by atoms with van der Waals surface area (Å²) in [6, 6.07) is 15.3. The van der Waals surface area contributed by atoms with Gasteiger partial charge in [-0.05, 0) is 75.7 Å². The van der Waals surface area contributed by atoms with Crippen LogP contribution in [0.4, 0.5) is 0 Å². The summed E-state index contributed by atoms with van der Waals surface area (Å²) in [6.45, 7) is 7.03. The predicted molar refractivity (Wildman–Crippen MR) is 126 cm³/mol. The van der Waals surface area contributed by atoms with E-state index in [1.165, 1.54) is 0 Å². The summed E-state index contributed by atoms with van der Waals surface area (Å²) in [5.41, 5.74) is -0.0487. The van der Waals surface area contributed by atoms with Crippen molar-refractivity contribution in [1.29, 1.82) is 0 Å². The zero-order valence-electron chi connectivity index (χ0n) is 19.1. The zero-order valence-corrected chi connectivity index (χ0v) is 19.9. The second kappa shape index (κ2) is 11.5. The van der Waals surface area contributed by atoms with Crippen molar-refractivity contribution < 1.29 is 19.0 Å². The van der Waals surface area contributed by atoms with E-state index in [9.17, 15) is 4.79 Å². The molecule has 1 fully saturated rings. The Morgan fingerprint density at radius 2 is 1.88 bits per heavy atom. The summed E-state index contributed by atoms with van der Waals surface area (Å²) in [4.78, 5) is 15.0. The minimum Gasteiger partial charge on any atom is -0.492 e. The zero-order chi connectivity index (χ0) is 23.0. The molecule has 2 aromatic carbocycles. The van der Waals surface area contributed by atoms with Crippen molar-refractivity contribution in [3.63, 3.8) is 0 Å². The summed E-state index contributed by atoms with van der Waals surface area (Å²) >= 11 is 5.91. The number of ether oxygens (including phenoxy) is 3. The van der Waals surface area contributed by atoms with Crippen LogP contribution < -0.4 is 14.8 Å². The van der Waals surface area contributed by atoms with Crippen molar-refractivity contribution in [3.8, 4) is 11.5 Å². The molecular weight excluding hydrogens is 428 g/mol. The van der Waals surface area contributed by atoms with Gasteiger partial charge in [0, 0.05) is 37.4 Å². The van der Waals surface area contributed by atoms with Crippen molar-refractivity contribution in [2.75, 3.05) is 33.4 Å². The Bertz CT molecular complexity index is 867. The second-order valence-electron chi connectivity index (χ2n) is 8.57. The van der Waals surface area contributed by atoms with E-state index in [4.69, 9.17) is 25.8 Å². The number of likely N-dealkylation sites (N-methyl/N-ethyl adjacent to an activating group) is 1. The van der Waals surface area contributed by atoms with Crippen LogP contribution in [0.25, 0.3) is 0 Å². The Labute approximate surface area is 195 Å². The summed E-state index contributed by atoms with van der Waals surface area (Å²) < 4.78 is 17.2. The first-order chi connectivity index (χ1) is 15.3. The van der Waals surface area contributed by atoms with Crippen LogP contribution in [0.1, 0.15) is 32.3 Å². The van der Waals surface area contributed by atoms with Gasteiger partial charge in [0.25, 0.3) is 5.91 Å². The van der Waals surface area contributed by atoms with Gasteiger partial charge < -0.3 is 19.5 Å². The molecule has 1 aliphatic rings. The van der Waals surface area contributed by atoms with Crippen LogP contribution in [0.3, 0.4) is 0 Å². The highest BCUT2D eigenvalue weighted by Crippen LogP contribution is 2.21. The molecule has 1 heterocycles. The van der Waals surface area contributed by atoms with E-state index in [0.717, 1.165) is 43.9 Å². The number of amides is 1. The average Bonchev–Trinajstić information content (AvgIpc) is 2.79. The van der Waals surface area contributed by atoms with Crippen LogP contribution in [0.2, 0.25) is 5.02 Å². The molecule has 1 saturated heterocycles. The molecule has 0 radical (unpaired) electrons. The molecule has 0 unspecified atom stereocenters.